The van der Waals surface area contributed by atoms with Crippen molar-refractivity contribution in [3.8, 4) is 0 Å². The van der Waals surface area contributed by atoms with Crippen molar-refractivity contribution in [3.05, 3.63) is 69.8 Å². The molecule has 4 N–H and O–H groups in total. The van der Waals surface area contributed by atoms with Crippen LogP contribution in [0, 0.1) is 5.82 Å². The predicted octanol–water partition coefficient (Wildman–Crippen LogP) is 3.61. The third kappa shape index (κ3) is 5.52. The van der Waals surface area contributed by atoms with Crippen molar-refractivity contribution < 1.29 is 36.5 Å². The van der Waals surface area contributed by atoms with E-state index in [1.165, 1.54) is 24.3 Å². The minimum atomic E-state index is -4.19. The third-order valence-electron chi connectivity index (χ3n) is 4.76. The van der Waals surface area contributed by atoms with Crippen LogP contribution in [0.5, 0.6) is 0 Å². The molecule has 0 bridgehead atoms. The van der Waals surface area contributed by atoms with Gasteiger partial charge in [-0.25, -0.2) is 27.2 Å². The van der Waals surface area contributed by atoms with Gasteiger partial charge in [0.2, 0.25) is 5.91 Å². The van der Waals surface area contributed by atoms with Crippen molar-refractivity contribution >= 4 is 74.2 Å². The summed E-state index contributed by atoms with van der Waals surface area (Å²) in [5.41, 5.74) is 0.133. The smallest absolute Gasteiger partial charge is 0.307 e. The molecule has 0 saturated carbocycles. The number of benzene rings is 2. The first-order valence-electron chi connectivity index (χ1n) is 9.68. The van der Waals surface area contributed by atoms with Crippen molar-refractivity contribution in [2.75, 3.05) is 10.2 Å². The first kappa shape index (κ1) is 26.0. The van der Waals surface area contributed by atoms with E-state index in [-0.39, 0.29) is 31.9 Å². The number of hydrogen-bond acceptors (Lipinski definition) is 10. The number of nitrogens with one attached hydrogen (secondary N) is 2. The van der Waals surface area contributed by atoms with Crippen molar-refractivity contribution in [1.82, 2.24) is 4.72 Å². The molecule has 2 heterocycles. The van der Waals surface area contributed by atoms with E-state index in [4.69, 9.17) is 17.5 Å². The second kappa shape index (κ2) is 10.5. The molecule has 4 amide bonds. The van der Waals surface area contributed by atoms with Crippen LogP contribution in [0.4, 0.5) is 20.6 Å². The van der Waals surface area contributed by atoms with Gasteiger partial charge in [-0.15, -0.1) is 20.7 Å². The Morgan fingerprint density at radius 3 is 2.61 bits per heavy atom. The van der Waals surface area contributed by atoms with E-state index < -0.39 is 33.7 Å². The van der Waals surface area contributed by atoms with Crippen LogP contribution in [0.1, 0.15) is 15.9 Å². The third-order valence-corrected chi connectivity index (χ3v) is 8.41. The van der Waals surface area contributed by atoms with E-state index in [1.807, 2.05) is 0 Å². The number of urea groups is 1. The average molecular weight is 573 g/mol. The SMILES string of the molecule is NOOSc1ccc2c(c1)C(=O)N(c1ccc(NC(=O)NS(=O)(=O)c3ccc(Cl)s3)cc1F)C(=O)C2. The van der Waals surface area contributed by atoms with Crippen molar-refractivity contribution in [3.63, 3.8) is 0 Å². The van der Waals surface area contributed by atoms with Crippen molar-refractivity contribution in [2.45, 2.75) is 15.5 Å². The molecule has 0 spiro atoms. The van der Waals surface area contributed by atoms with Gasteiger partial charge >= 0.3 is 6.03 Å². The molecule has 0 radical (unpaired) electrons. The molecule has 0 aliphatic carbocycles. The summed E-state index contributed by atoms with van der Waals surface area (Å²) in [5, 5.41) is 2.19. The van der Waals surface area contributed by atoms with Crippen LogP contribution in [0.25, 0.3) is 0 Å². The van der Waals surface area contributed by atoms with Gasteiger partial charge in [-0.1, -0.05) is 17.7 Å². The maximum atomic E-state index is 15.0. The molecule has 0 atom stereocenters. The van der Waals surface area contributed by atoms with Crippen LogP contribution >= 0.6 is 35.0 Å². The van der Waals surface area contributed by atoms with Crippen LogP contribution in [-0.2, 0) is 30.6 Å². The van der Waals surface area contributed by atoms with Gasteiger partial charge in [0, 0.05) is 16.1 Å². The van der Waals surface area contributed by atoms with E-state index >= 15 is 0 Å². The number of rotatable bonds is 7. The number of carbonyl (C=O) groups excluding carboxylic acids is 3. The van der Waals surface area contributed by atoms with Crippen LogP contribution in [0.15, 0.2) is 57.6 Å². The molecule has 4 rings (SSSR count). The Hall–Kier alpha value is -3.05. The van der Waals surface area contributed by atoms with Crippen LogP contribution < -0.4 is 20.8 Å². The van der Waals surface area contributed by atoms with Gasteiger partial charge < -0.3 is 5.32 Å². The van der Waals surface area contributed by atoms with Crippen LogP contribution in [0.3, 0.4) is 0 Å². The van der Waals surface area contributed by atoms with E-state index in [9.17, 15) is 27.2 Å². The second-order valence-corrected chi connectivity index (χ2v) is 11.5. The van der Waals surface area contributed by atoms with E-state index in [0.29, 0.717) is 15.4 Å². The summed E-state index contributed by atoms with van der Waals surface area (Å²) in [6, 6.07) is 9.20. The largest absolute Gasteiger partial charge is 0.333 e. The first-order chi connectivity index (χ1) is 17.1. The molecule has 1 aliphatic rings. The Balaban J connectivity index is 1.52. The quantitative estimate of drug-likeness (QED) is 0.166. The summed E-state index contributed by atoms with van der Waals surface area (Å²) in [6.07, 6.45) is -0.160. The number of hydrogen-bond donors (Lipinski definition) is 3. The molecular formula is C20H14ClFN4O7S3. The van der Waals surface area contributed by atoms with Crippen LogP contribution in [0.2, 0.25) is 4.34 Å². The number of fused-ring (bicyclic) bond motifs is 1. The lowest BCUT2D eigenvalue weighted by molar-refractivity contribution is -0.195. The van der Waals surface area contributed by atoms with Gasteiger partial charge in [0.1, 0.15) is 10.0 Å². The molecule has 16 heteroatoms. The number of halogens is 2. The standard InChI is InChI=1S/C20H14ClFN4O7S3/c21-16-5-6-18(34-16)36(30,31)25-20(29)24-11-2-4-15(14(22)8-11)26-17(27)7-10-1-3-12(35-33-32-23)9-13(10)19(26)28/h1-6,8-9H,7,23H2,(H2,24,25,29). The normalized spacial score (nSPS) is 13.5. The number of amides is 4. The fraction of sp³-hybridized carbons (Fsp3) is 0.0500. The first-order valence-corrected chi connectivity index (χ1v) is 13.1. The molecule has 11 nitrogen and oxygen atoms in total. The van der Waals surface area contributed by atoms with Gasteiger partial charge in [-0.2, -0.15) is 5.90 Å². The highest BCUT2D eigenvalue weighted by Crippen LogP contribution is 2.32. The molecule has 0 unspecified atom stereocenters. The Morgan fingerprint density at radius 1 is 1.17 bits per heavy atom. The Kier molecular flexibility index (Phi) is 7.60. The topological polar surface area (TPSA) is 157 Å². The average Bonchev–Trinajstić information content (AvgIpc) is 3.26. The molecule has 3 aromatic rings. The molecule has 188 valence electrons. The zero-order valence-corrected chi connectivity index (χ0v) is 20.9. The Labute approximate surface area is 216 Å². The number of imide groups is 1. The maximum absolute atomic E-state index is 15.0. The van der Waals surface area contributed by atoms with Gasteiger partial charge in [0.15, 0.2) is 0 Å². The highest BCUT2D eigenvalue weighted by Gasteiger charge is 2.34. The summed E-state index contributed by atoms with van der Waals surface area (Å²) >= 11 is 7.21. The van der Waals surface area contributed by atoms with E-state index in [1.54, 1.807) is 16.9 Å². The number of sulfonamides is 1. The second-order valence-electron chi connectivity index (χ2n) is 7.06. The zero-order valence-electron chi connectivity index (χ0n) is 17.7. The number of anilines is 2. The molecule has 0 saturated heterocycles. The molecule has 36 heavy (non-hydrogen) atoms. The van der Waals surface area contributed by atoms with Crippen molar-refractivity contribution in [2.24, 2.45) is 5.90 Å². The highest BCUT2D eigenvalue weighted by molar-refractivity contribution is 7.94. The van der Waals surface area contributed by atoms with Crippen LogP contribution in [-0.4, -0.2) is 26.3 Å². The molecule has 1 aromatic heterocycles. The summed E-state index contributed by atoms with van der Waals surface area (Å²) in [7, 11) is -4.19. The lowest BCUT2D eigenvalue weighted by Crippen LogP contribution is -2.43. The molecule has 2 aromatic carbocycles. The zero-order chi connectivity index (χ0) is 26.0. The fourth-order valence-electron chi connectivity index (χ4n) is 3.28. The molecule has 0 fully saturated rings. The van der Waals surface area contributed by atoms with E-state index in [0.717, 1.165) is 35.5 Å². The summed E-state index contributed by atoms with van der Waals surface area (Å²) < 4.78 is 45.8. The van der Waals surface area contributed by atoms with Gasteiger partial charge in [0.05, 0.1) is 28.5 Å². The number of nitrogens with two attached hydrogens (primary N) is 1. The Morgan fingerprint density at radius 2 is 1.94 bits per heavy atom. The lowest BCUT2D eigenvalue weighted by atomic mass is 9.98. The van der Waals surface area contributed by atoms with Gasteiger partial charge in [-0.3, -0.25) is 9.59 Å². The number of nitrogens with zero attached hydrogens (tertiary/aromatic N) is 1. The molecular weight excluding hydrogens is 559 g/mol. The fourth-order valence-corrected chi connectivity index (χ4v) is 6.07. The number of carbonyl (C=O) groups is 3. The summed E-state index contributed by atoms with van der Waals surface area (Å²) in [5.74, 6) is 2.37. The summed E-state index contributed by atoms with van der Waals surface area (Å²) in [4.78, 5) is 43.0. The van der Waals surface area contributed by atoms with Gasteiger partial charge in [-0.05, 0) is 48.0 Å². The van der Waals surface area contributed by atoms with Crippen molar-refractivity contribution in [1.29, 1.82) is 0 Å². The summed E-state index contributed by atoms with van der Waals surface area (Å²) in [6.45, 7) is 0. The minimum Gasteiger partial charge on any atom is -0.307 e. The number of thiophene rings is 1. The van der Waals surface area contributed by atoms with E-state index in [2.05, 4.69) is 14.6 Å². The minimum absolute atomic E-state index is 0.122. The lowest BCUT2D eigenvalue weighted by Gasteiger charge is -2.27. The van der Waals surface area contributed by atoms with Gasteiger partial charge in [0.25, 0.3) is 15.9 Å². The Bertz CT molecular complexity index is 1480. The molecule has 1 aliphatic heterocycles. The highest BCUT2D eigenvalue weighted by atomic mass is 35.5. The monoisotopic (exact) mass is 572 g/mol. The predicted molar refractivity (Wildman–Crippen MR) is 129 cm³/mol. The maximum Gasteiger partial charge on any atom is 0.333 e.